The van der Waals surface area contributed by atoms with E-state index in [2.05, 4.69) is 11.9 Å². The third-order valence-corrected chi connectivity index (χ3v) is 11.4. The summed E-state index contributed by atoms with van der Waals surface area (Å²) in [6, 6.07) is 33.7. The average Bonchev–Trinajstić information content (AvgIpc) is 3.52. The Hall–Kier alpha value is -4.58. The molecule has 0 bridgehead atoms. The molecule has 5 aromatic rings. The van der Waals surface area contributed by atoms with Crippen molar-refractivity contribution in [1.82, 2.24) is 15.2 Å². The van der Waals surface area contributed by atoms with Crippen LogP contribution in [0.15, 0.2) is 132 Å². The summed E-state index contributed by atoms with van der Waals surface area (Å²) in [5.74, 6) is -0.944. The second-order valence-electron chi connectivity index (χ2n) is 10.8. The SMILES string of the molecule is C=C(C)[C@@H](C(=O)OC(c1ccccc1)c1ccccc1)N1C(=O)[C@@H](NC(=O)COc2ccccc2)[C@@H]1SSc1nc2ccccc2s1. The molecule has 4 aromatic carbocycles. The van der Waals surface area contributed by atoms with Gasteiger partial charge in [-0.3, -0.25) is 9.59 Å². The van der Waals surface area contributed by atoms with Gasteiger partial charge < -0.3 is 19.7 Å². The summed E-state index contributed by atoms with van der Waals surface area (Å²) < 4.78 is 13.6. The molecule has 47 heavy (non-hydrogen) atoms. The molecule has 2 amide bonds. The van der Waals surface area contributed by atoms with Gasteiger partial charge in [-0.25, -0.2) is 9.78 Å². The molecule has 8 nitrogen and oxygen atoms in total. The van der Waals surface area contributed by atoms with E-state index in [4.69, 9.17) is 14.5 Å². The zero-order chi connectivity index (χ0) is 32.8. The molecule has 1 aliphatic heterocycles. The minimum atomic E-state index is -1.08. The number of esters is 1. The van der Waals surface area contributed by atoms with Gasteiger partial charge in [0.1, 0.15) is 17.2 Å². The molecule has 0 radical (unpaired) electrons. The van der Waals surface area contributed by atoms with Crippen molar-refractivity contribution in [3.8, 4) is 5.75 Å². The molecule has 0 saturated carbocycles. The highest BCUT2D eigenvalue weighted by Gasteiger charge is 2.54. The van der Waals surface area contributed by atoms with Crippen LogP contribution in [-0.4, -0.2) is 51.7 Å². The summed E-state index contributed by atoms with van der Waals surface area (Å²) in [4.78, 5) is 46.9. The van der Waals surface area contributed by atoms with Gasteiger partial charge in [0.15, 0.2) is 23.1 Å². The lowest BCUT2D eigenvalue weighted by Crippen LogP contribution is -2.73. The van der Waals surface area contributed by atoms with E-state index >= 15 is 0 Å². The topological polar surface area (TPSA) is 97.8 Å². The number of ether oxygens (including phenoxy) is 2. The number of carbonyl (C=O) groups excluding carboxylic acids is 3. The molecule has 2 heterocycles. The maximum absolute atomic E-state index is 14.0. The summed E-state index contributed by atoms with van der Waals surface area (Å²) in [5.41, 5.74) is 2.91. The Kier molecular flexibility index (Phi) is 10.3. The lowest BCUT2D eigenvalue weighted by molar-refractivity contribution is -0.165. The first-order chi connectivity index (χ1) is 22.9. The molecule has 1 N–H and O–H groups in total. The van der Waals surface area contributed by atoms with Crippen LogP contribution in [0.25, 0.3) is 10.2 Å². The van der Waals surface area contributed by atoms with Crippen LogP contribution < -0.4 is 10.1 Å². The number of nitrogens with one attached hydrogen (secondary N) is 1. The monoisotopic (exact) mass is 681 g/mol. The maximum Gasteiger partial charge on any atom is 0.334 e. The van der Waals surface area contributed by atoms with Gasteiger partial charge in [0.25, 0.3) is 5.91 Å². The Morgan fingerprint density at radius 3 is 2.13 bits per heavy atom. The van der Waals surface area contributed by atoms with Gasteiger partial charge in [-0.2, -0.15) is 0 Å². The van der Waals surface area contributed by atoms with Gasteiger partial charge in [0.05, 0.1) is 10.2 Å². The first kappa shape index (κ1) is 32.4. The van der Waals surface area contributed by atoms with Gasteiger partial charge in [-0.1, -0.05) is 108 Å². The lowest BCUT2D eigenvalue weighted by Gasteiger charge is -2.49. The molecule has 0 spiro atoms. The van der Waals surface area contributed by atoms with Gasteiger partial charge in [-0.05, 0) is 58.7 Å². The number of thiazole rings is 1. The number of para-hydroxylation sites is 2. The number of hydrogen-bond acceptors (Lipinski definition) is 9. The number of nitrogens with zero attached hydrogens (tertiary/aromatic N) is 2. The van der Waals surface area contributed by atoms with Crippen LogP contribution in [0.4, 0.5) is 0 Å². The van der Waals surface area contributed by atoms with Gasteiger partial charge >= 0.3 is 5.97 Å². The van der Waals surface area contributed by atoms with Crippen LogP contribution in [-0.2, 0) is 19.1 Å². The van der Waals surface area contributed by atoms with Crippen molar-refractivity contribution in [2.45, 2.75) is 34.8 Å². The van der Waals surface area contributed by atoms with Crippen molar-refractivity contribution in [2.24, 2.45) is 0 Å². The Labute approximate surface area is 284 Å². The fourth-order valence-electron chi connectivity index (χ4n) is 5.17. The zero-order valence-electron chi connectivity index (χ0n) is 25.4. The fraction of sp³-hybridized carbons (Fsp3) is 0.167. The zero-order valence-corrected chi connectivity index (χ0v) is 27.8. The first-order valence-electron chi connectivity index (χ1n) is 14.8. The summed E-state index contributed by atoms with van der Waals surface area (Å²) in [5, 5.41) is 2.19. The number of fused-ring (bicyclic) bond motifs is 1. The summed E-state index contributed by atoms with van der Waals surface area (Å²) >= 11 is 1.53. The molecule has 238 valence electrons. The van der Waals surface area contributed by atoms with Crippen molar-refractivity contribution < 1.29 is 23.9 Å². The number of benzene rings is 4. The van der Waals surface area contributed by atoms with Crippen molar-refractivity contribution >= 4 is 60.9 Å². The predicted octanol–water partition coefficient (Wildman–Crippen LogP) is 7.05. The molecular formula is C36H31N3O5S3. The number of β-lactam (4-membered cyclic amide) rings is 1. The molecular weight excluding hydrogens is 651 g/mol. The van der Waals surface area contributed by atoms with E-state index in [9.17, 15) is 14.4 Å². The highest BCUT2D eigenvalue weighted by Crippen LogP contribution is 2.45. The maximum atomic E-state index is 14.0. The van der Waals surface area contributed by atoms with Gasteiger partial charge in [0, 0.05) is 0 Å². The quantitative estimate of drug-likeness (QED) is 0.0612. The van der Waals surface area contributed by atoms with Crippen LogP contribution >= 0.6 is 32.9 Å². The number of carbonyl (C=O) groups is 3. The predicted molar refractivity (Wildman–Crippen MR) is 187 cm³/mol. The first-order valence-corrected chi connectivity index (χ1v) is 17.9. The van der Waals surface area contributed by atoms with Crippen LogP contribution in [0.5, 0.6) is 5.75 Å². The Morgan fingerprint density at radius 2 is 1.51 bits per heavy atom. The highest BCUT2D eigenvalue weighted by atomic mass is 33.1. The van der Waals surface area contributed by atoms with E-state index in [0.29, 0.717) is 11.3 Å². The van der Waals surface area contributed by atoms with Crippen molar-refractivity contribution in [1.29, 1.82) is 0 Å². The van der Waals surface area contributed by atoms with E-state index < -0.39 is 41.3 Å². The van der Waals surface area contributed by atoms with Crippen LogP contribution in [0, 0.1) is 0 Å². The minimum Gasteiger partial charge on any atom is -0.484 e. The van der Waals surface area contributed by atoms with Crippen molar-refractivity contribution in [3.05, 3.63) is 139 Å². The molecule has 1 fully saturated rings. The number of rotatable bonds is 13. The highest BCUT2D eigenvalue weighted by molar-refractivity contribution is 8.77. The number of likely N-dealkylation sites (tertiary alicyclic amines) is 1. The van der Waals surface area contributed by atoms with Crippen LogP contribution in [0.2, 0.25) is 0 Å². The molecule has 0 unspecified atom stereocenters. The van der Waals surface area contributed by atoms with E-state index in [1.54, 1.807) is 19.1 Å². The number of aromatic nitrogens is 1. The summed E-state index contributed by atoms with van der Waals surface area (Å²) in [6.07, 6.45) is -0.697. The normalized spacial score (nSPS) is 16.4. The number of hydrogen-bond donors (Lipinski definition) is 1. The molecule has 1 aliphatic rings. The molecule has 1 saturated heterocycles. The van der Waals surface area contributed by atoms with Crippen molar-refractivity contribution in [2.75, 3.05) is 6.61 Å². The molecule has 3 atom stereocenters. The van der Waals surface area contributed by atoms with E-state index in [0.717, 1.165) is 25.7 Å². The second-order valence-corrected chi connectivity index (χ2v) is 14.4. The molecule has 0 aliphatic carbocycles. The standard InChI is InChI=1S/C36H31N3O5S3/c1-23(2)31(35(42)44-32(24-14-6-3-7-15-24)25-16-8-4-9-17-25)39-33(41)30(38-29(40)22-43-26-18-10-5-11-19-26)34(39)46-47-36-37-27-20-12-13-21-28(27)45-36/h3-21,30-32,34H,1,22H2,2H3,(H,38,40)/t30-,31+,34+/m1/s1. The van der Waals surface area contributed by atoms with E-state index in [1.807, 2.05) is 103 Å². The van der Waals surface area contributed by atoms with Gasteiger partial charge in [0.2, 0.25) is 5.91 Å². The average molecular weight is 682 g/mol. The number of amides is 2. The largest absolute Gasteiger partial charge is 0.484 e. The fourth-order valence-corrected chi connectivity index (χ4v) is 9.13. The Morgan fingerprint density at radius 1 is 0.915 bits per heavy atom. The Bertz CT molecular complexity index is 1800. The smallest absolute Gasteiger partial charge is 0.334 e. The molecule has 6 rings (SSSR count). The van der Waals surface area contributed by atoms with E-state index in [1.165, 1.54) is 37.8 Å². The van der Waals surface area contributed by atoms with Gasteiger partial charge in [-0.15, -0.1) is 11.3 Å². The van der Waals surface area contributed by atoms with Crippen LogP contribution in [0.3, 0.4) is 0 Å². The van der Waals surface area contributed by atoms with Crippen LogP contribution in [0.1, 0.15) is 24.2 Å². The molecule has 1 aromatic heterocycles. The summed E-state index contributed by atoms with van der Waals surface area (Å²) in [7, 11) is 2.74. The summed E-state index contributed by atoms with van der Waals surface area (Å²) in [6.45, 7) is 5.50. The second kappa shape index (κ2) is 14.9. The third-order valence-electron chi connectivity index (χ3n) is 7.41. The van der Waals surface area contributed by atoms with Crippen molar-refractivity contribution in [3.63, 3.8) is 0 Å². The lowest BCUT2D eigenvalue weighted by atomic mass is 9.98. The third kappa shape index (κ3) is 7.54. The minimum absolute atomic E-state index is 0.266. The Balaban J connectivity index is 1.23. The van der Waals surface area contributed by atoms with E-state index in [-0.39, 0.29) is 6.61 Å². The molecule has 11 heteroatoms.